The van der Waals surface area contributed by atoms with Gasteiger partial charge in [-0.1, -0.05) is 19.9 Å². The van der Waals surface area contributed by atoms with Crippen molar-refractivity contribution in [1.29, 1.82) is 0 Å². The molecule has 0 rings (SSSR count). The smallest absolute Gasteiger partial charge is 0.407 e. The van der Waals surface area contributed by atoms with Gasteiger partial charge in [-0.15, -0.1) is 0 Å². The Labute approximate surface area is 173 Å². The lowest BCUT2D eigenvalue weighted by Crippen LogP contribution is -2.48. The molecule has 0 aromatic rings. The van der Waals surface area contributed by atoms with Gasteiger partial charge in [-0.05, 0) is 40.0 Å². The van der Waals surface area contributed by atoms with Gasteiger partial charge in [0, 0.05) is 25.6 Å². The zero-order valence-corrected chi connectivity index (χ0v) is 18.3. The number of hydrogen-bond donors (Lipinski definition) is 3. The molecule has 0 bridgehead atoms. The number of esters is 1. The van der Waals surface area contributed by atoms with Crippen molar-refractivity contribution in [2.45, 2.75) is 66.0 Å². The third kappa shape index (κ3) is 15.1. The molecule has 29 heavy (non-hydrogen) atoms. The Bertz CT molecular complexity index is 581. The average Bonchev–Trinajstić information content (AvgIpc) is 2.56. The van der Waals surface area contributed by atoms with Crippen molar-refractivity contribution in [1.82, 2.24) is 16.0 Å². The number of amides is 3. The summed E-state index contributed by atoms with van der Waals surface area (Å²) in [6.07, 6.45) is 2.59. The molecule has 0 aromatic carbocycles. The molecule has 0 aromatic heterocycles. The molecule has 0 aliphatic heterocycles. The van der Waals surface area contributed by atoms with Crippen LogP contribution in [0.2, 0.25) is 0 Å². The summed E-state index contributed by atoms with van der Waals surface area (Å²) in [5.41, 5.74) is -0.617. The minimum Gasteiger partial charge on any atom is -0.463 e. The zero-order chi connectivity index (χ0) is 22.4. The summed E-state index contributed by atoms with van der Waals surface area (Å²) < 4.78 is 9.84. The Hall–Kier alpha value is -2.58. The largest absolute Gasteiger partial charge is 0.463 e. The monoisotopic (exact) mass is 413 g/mol. The molecule has 0 spiro atoms. The van der Waals surface area contributed by atoms with E-state index in [4.69, 9.17) is 9.47 Å². The number of nitrogens with one attached hydrogen (secondary N) is 3. The fourth-order valence-corrected chi connectivity index (χ4v) is 2.19. The van der Waals surface area contributed by atoms with Gasteiger partial charge in [0.15, 0.2) is 0 Å². The normalized spacial score (nSPS) is 12.4. The molecule has 0 heterocycles. The first-order valence-corrected chi connectivity index (χ1v) is 9.81. The number of ether oxygens (including phenoxy) is 2. The quantitative estimate of drug-likeness (QED) is 0.350. The third-order valence-electron chi connectivity index (χ3n) is 3.31. The highest BCUT2D eigenvalue weighted by atomic mass is 16.6. The molecular weight excluding hydrogens is 378 g/mol. The third-order valence-corrected chi connectivity index (χ3v) is 3.31. The number of carbonyl (C=O) groups is 4. The van der Waals surface area contributed by atoms with Crippen molar-refractivity contribution in [3.8, 4) is 0 Å². The predicted molar refractivity (Wildman–Crippen MR) is 109 cm³/mol. The van der Waals surface area contributed by atoms with E-state index in [9.17, 15) is 19.2 Å². The van der Waals surface area contributed by atoms with Crippen LogP contribution in [-0.2, 0) is 23.9 Å². The Balaban J connectivity index is 4.47. The van der Waals surface area contributed by atoms with Crippen LogP contribution >= 0.6 is 0 Å². The minimum absolute atomic E-state index is 0.0177. The Morgan fingerprint density at radius 2 is 1.72 bits per heavy atom. The first-order chi connectivity index (χ1) is 13.4. The van der Waals surface area contributed by atoms with E-state index < -0.39 is 23.7 Å². The molecule has 166 valence electrons. The topological polar surface area (TPSA) is 123 Å². The fourth-order valence-electron chi connectivity index (χ4n) is 2.19. The fraction of sp³-hybridized carbons (Fsp3) is 0.700. The van der Waals surface area contributed by atoms with Crippen LogP contribution < -0.4 is 16.0 Å². The van der Waals surface area contributed by atoms with Crippen molar-refractivity contribution in [3.05, 3.63) is 12.2 Å². The Morgan fingerprint density at radius 1 is 1.07 bits per heavy atom. The summed E-state index contributed by atoms with van der Waals surface area (Å²) in [6.45, 7) is 11.3. The second-order valence-corrected chi connectivity index (χ2v) is 7.83. The van der Waals surface area contributed by atoms with Crippen molar-refractivity contribution < 1.29 is 28.7 Å². The van der Waals surface area contributed by atoms with Gasteiger partial charge in [-0.2, -0.15) is 0 Å². The molecule has 1 atom stereocenters. The van der Waals surface area contributed by atoms with Gasteiger partial charge in [0.25, 0.3) is 0 Å². The van der Waals surface area contributed by atoms with Crippen LogP contribution in [-0.4, -0.2) is 55.2 Å². The number of rotatable bonds is 11. The van der Waals surface area contributed by atoms with E-state index in [0.29, 0.717) is 6.42 Å². The van der Waals surface area contributed by atoms with E-state index in [1.54, 1.807) is 27.7 Å². The first kappa shape index (κ1) is 26.4. The van der Waals surface area contributed by atoms with E-state index in [1.807, 2.05) is 13.8 Å². The van der Waals surface area contributed by atoms with E-state index in [1.165, 1.54) is 12.2 Å². The van der Waals surface area contributed by atoms with Gasteiger partial charge in [-0.25, -0.2) is 9.59 Å². The Kier molecular flexibility index (Phi) is 12.4. The molecule has 0 fully saturated rings. The van der Waals surface area contributed by atoms with Gasteiger partial charge in [0.1, 0.15) is 11.6 Å². The average molecular weight is 414 g/mol. The molecule has 0 radical (unpaired) electrons. The lowest BCUT2D eigenvalue weighted by atomic mass is 10.0. The molecule has 0 aliphatic rings. The lowest BCUT2D eigenvalue weighted by molar-refractivity contribution is -0.137. The molecule has 9 nitrogen and oxygen atoms in total. The lowest BCUT2D eigenvalue weighted by Gasteiger charge is -2.21. The van der Waals surface area contributed by atoms with E-state index in [2.05, 4.69) is 16.0 Å². The van der Waals surface area contributed by atoms with E-state index in [-0.39, 0.29) is 43.8 Å². The van der Waals surface area contributed by atoms with Crippen LogP contribution in [0.15, 0.2) is 12.2 Å². The maximum absolute atomic E-state index is 12.4. The molecule has 3 amide bonds. The molecule has 0 saturated heterocycles. The van der Waals surface area contributed by atoms with Gasteiger partial charge >= 0.3 is 12.1 Å². The number of hydrogen-bond acceptors (Lipinski definition) is 6. The van der Waals surface area contributed by atoms with E-state index in [0.717, 1.165) is 0 Å². The number of alkyl carbamates (subject to hydrolysis) is 1. The van der Waals surface area contributed by atoms with Gasteiger partial charge < -0.3 is 25.4 Å². The summed E-state index contributed by atoms with van der Waals surface area (Å²) in [4.78, 5) is 47.3. The number of carbonyl (C=O) groups excluding carboxylic acids is 4. The zero-order valence-electron chi connectivity index (χ0n) is 18.3. The van der Waals surface area contributed by atoms with Crippen LogP contribution in [0.3, 0.4) is 0 Å². The highest BCUT2D eigenvalue weighted by molar-refractivity contribution is 5.88. The predicted octanol–water partition coefficient (Wildman–Crippen LogP) is 1.67. The first-order valence-electron chi connectivity index (χ1n) is 9.81. The van der Waals surface area contributed by atoms with Crippen LogP contribution in [0.4, 0.5) is 4.79 Å². The van der Waals surface area contributed by atoms with E-state index >= 15 is 0 Å². The van der Waals surface area contributed by atoms with Gasteiger partial charge in [0.2, 0.25) is 11.8 Å². The molecule has 3 N–H and O–H groups in total. The maximum atomic E-state index is 12.4. The SMILES string of the molecule is CCOC(=O)/C=C/CNC(=O)[C@H](CC(C)C)NC(=O)CCNC(=O)OC(C)(C)C. The summed E-state index contributed by atoms with van der Waals surface area (Å²) in [5, 5.41) is 7.83. The summed E-state index contributed by atoms with van der Waals surface area (Å²) in [7, 11) is 0. The van der Waals surface area contributed by atoms with Crippen molar-refractivity contribution in [3.63, 3.8) is 0 Å². The highest BCUT2D eigenvalue weighted by Gasteiger charge is 2.21. The van der Waals surface area contributed by atoms with Crippen LogP contribution in [0.25, 0.3) is 0 Å². The highest BCUT2D eigenvalue weighted by Crippen LogP contribution is 2.07. The van der Waals surface area contributed by atoms with Crippen LogP contribution in [0.1, 0.15) is 54.4 Å². The summed E-state index contributed by atoms with van der Waals surface area (Å²) >= 11 is 0. The molecule has 9 heteroatoms. The Morgan fingerprint density at radius 3 is 2.28 bits per heavy atom. The molecule has 0 saturated carbocycles. The second-order valence-electron chi connectivity index (χ2n) is 7.83. The summed E-state index contributed by atoms with van der Waals surface area (Å²) in [5.74, 6) is -1.00. The van der Waals surface area contributed by atoms with Crippen LogP contribution in [0, 0.1) is 5.92 Å². The van der Waals surface area contributed by atoms with Gasteiger partial charge in [0.05, 0.1) is 6.61 Å². The van der Waals surface area contributed by atoms with Crippen LogP contribution in [0.5, 0.6) is 0 Å². The summed E-state index contributed by atoms with van der Waals surface area (Å²) in [6, 6.07) is -0.708. The van der Waals surface area contributed by atoms with Crippen molar-refractivity contribution in [2.24, 2.45) is 5.92 Å². The molecule has 0 unspecified atom stereocenters. The van der Waals surface area contributed by atoms with Gasteiger partial charge in [-0.3, -0.25) is 9.59 Å². The maximum Gasteiger partial charge on any atom is 0.407 e. The minimum atomic E-state index is -0.708. The van der Waals surface area contributed by atoms with Crippen molar-refractivity contribution in [2.75, 3.05) is 19.7 Å². The second kappa shape index (κ2) is 13.6. The van der Waals surface area contributed by atoms with Crippen molar-refractivity contribution >= 4 is 23.9 Å². The standard InChI is InChI=1S/C20H35N3O6/c1-7-28-17(25)9-8-11-21-18(26)15(13-14(2)3)23-16(24)10-12-22-19(27)29-20(4,5)6/h8-9,14-15H,7,10-13H2,1-6H3,(H,21,26)(H,22,27)(H,23,24)/b9-8+/t15-/m0/s1. The molecule has 0 aliphatic carbocycles. The molecular formula is C20H35N3O6.